The molecule has 0 aromatic heterocycles. The molecule has 0 N–H and O–H groups in total. The number of anilines is 1. The normalized spacial score (nSPS) is 31.9. The Morgan fingerprint density at radius 1 is 1.00 bits per heavy atom. The lowest BCUT2D eigenvalue weighted by molar-refractivity contribution is -0.180. The zero-order chi connectivity index (χ0) is 23.7. The number of amides is 1. The molecule has 34 heavy (non-hydrogen) atoms. The Kier molecular flexibility index (Phi) is 4.95. The molecule has 4 fully saturated rings. The van der Waals surface area contributed by atoms with Crippen molar-refractivity contribution in [3.63, 3.8) is 0 Å². The Bertz CT molecular complexity index is 1150. The number of fused-ring (bicyclic) bond motifs is 1. The molecule has 1 heterocycles. The fraction of sp³-hybridized carbons (Fsp3) is 0.533. The van der Waals surface area contributed by atoms with Crippen LogP contribution in [0.15, 0.2) is 42.5 Å². The highest BCUT2D eigenvalue weighted by atomic mass is 16.5. The standard InChI is InChI=1S/C30H35NO3/c1-19-8-9-25(12-20(19)2)29-14-22-13-23(15-29)17-30(16-22,18-29)28(33)34-21(3)27(32)31-11-10-24-6-4-5-7-26(24)31/h4-9,12,21-23H,10-11,13-18H2,1-3H3/t21-,22-,23+,29?,30?/m0/s1. The third-order valence-corrected chi connectivity index (χ3v) is 9.40. The lowest BCUT2D eigenvalue weighted by Gasteiger charge is -2.61. The average Bonchev–Trinajstić information content (AvgIpc) is 3.23. The summed E-state index contributed by atoms with van der Waals surface area (Å²) in [6.07, 6.45) is 6.39. The molecule has 178 valence electrons. The van der Waals surface area contributed by atoms with Gasteiger partial charge in [-0.15, -0.1) is 0 Å². The van der Waals surface area contributed by atoms with Gasteiger partial charge >= 0.3 is 5.97 Å². The summed E-state index contributed by atoms with van der Waals surface area (Å²) in [6, 6.07) is 14.9. The van der Waals surface area contributed by atoms with E-state index in [1.165, 1.54) is 41.5 Å². The van der Waals surface area contributed by atoms with Crippen LogP contribution in [0.1, 0.15) is 67.7 Å². The molecule has 5 aliphatic rings. The summed E-state index contributed by atoms with van der Waals surface area (Å²) < 4.78 is 6.02. The number of hydrogen-bond donors (Lipinski definition) is 0. The number of carbonyl (C=O) groups excluding carboxylic acids is 2. The van der Waals surface area contributed by atoms with E-state index >= 15 is 0 Å². The van der Waals surface area contributed by atoms with Crippen LogP contribution in [0.3, 0.4) is 0 Å². The second-order valence-electron chi connectivity index (χ2n) is 11.7. The first-order valence-corrected chi connectivity index (χ1v) is 13.0. The van der Waals surface area contributed by atoms with E-state index in [0.717, 1.165) is 31.4 Å². The van der Waals surface area contributed by atoms with Crippen LogP contribution in [0, 0.1) is 31.1 Å². The van der Waals surface area contributed by atoms with Crippen LogP contribution in [0.4, 0.5) is 5.69 Å². The summed E-state index contributed by atoms with van der Waals surface area (Å²) in [5.74, 6) is 0.911. The fourth-order valence-electron chi connectivity index (χ4n) is 8.03. The minimum Gasteiger partial charge on any atom is -0.452 e. The Labute approximate surface area is 202 Å². The van der Waals surface area contributed by atoms with Gasteiger partial charge in [-0.2, -0.15) is 0 Å². The lowest BCUT2D eigenvalue weighted by atomic mass is 9.43. The van der Waals surface area contributed by atoms with E-state index in [-0.39, 0.29) is 17.3 Å². The number of para-hydroxylation sites is 1. The molecular formula is C30H35NO3. The minimum atomic E-state index is -0.760. The van der Waals surface area contributed by atoms with Gasteiger partial charge in [-0.25, -0.2) is 0 Å². The third-order valence-electron chi connectivity index (χ3n) is 9.40. The third kappa shape index (κ3) is 3.32. The average molecular weight is 458 g/mol. The Hall–Kier alpha value is -2.62. The Morgan fingerprint density at radius 3 is 2.47 bits per heavy atom. The number of nitrogens with zero attached hydrogens (tertiary/aromatic N) is 1. The molecular weight excluding hydrogens is 422 g/mol. The highest BCUT2D eigenvalue weighted by molar-refractivity contribution is 5.99. The maximum atomic E-state index is 13.8. The van der Waals surface area contributed by atoms with E-state index in [1.807, 2.05) is 18.2 Å². The monoisotopic (exact) mass is 457 g/mol. The molecule has 2 aromatic rings. The summed E-state index contributed by atoms with van der Waals surface area (Å²) in [5.41, 5.74) is 5.82. The SMILES string of the molecule is Cc1ccc(C23C[C@@H]4C[C@@H](CC(C(=O)O[C@@H](C)C(=O)N5CCc6ccccc65)(C4)C2)C3)cc1C. The molecule has 4 nitrogen and oxygen atoms in total. The molecule has 4 bridgehead atoms. The zero-order valence-electron chi connectivity index (χ0n) is 20.6. The smallest absolute Gasteiger partial charge is 0.312 e. The van der Waals surface area contributed by atoms with Gasteiger partial charge in [0.1, 0.15) is 0 Å². The fourth-order valence-corrected chi connectivity index (χ4v) is 8.03. The quantitative estimate of drug-likeness (QED) is 0.557. The van der Waals surface area contributed by atoms with Crippen LogP contribution in [-0.2, 0) is 26.2 Å². The van der Waals surface area contributed by atoms with E-state index in [2.05, 4.69) is 38.1 Å². The first-order chi connectivity index (χ1) is 16.3. The van der Waals surface area contributed by atoms with Gasteiger partial charge in [-0.3, -0.25) is 9.59 Å². The molecule has 1 aliphatic heterocycles. The molecule has 4 saturated carbocycles. The van der Waals surface area contributed by atoms with Crippen LogP contribution in [0.25, 0.3) is 0 Å². The van der Waals surface area contributed by atoms with Gasteiger partial charge in [-0.05, 0) is 111 Å². The van der Waals surface area contributed by atoms with Gasteiger partial charge in [0.05, 0.1) is 5.41 Å². The number of rotatable bonds is 4. The number of benzene rings is 2. The van der Waals surface area contributed by atoms with Crippen molar-refractivity contribution in [3.05, 3.63) is 64.7 Å². The van der Waals surface area contributed by atoms with Gasteiger partial charge in [-0.1, -0.05) is 36.4 Å². The molecule has 1 amide bonds. The van der Waals surface area contributed by atoms with Crippen LogP contribution >= 0.6 is 0 Å². The van der Waals surface area contributed by atoms with Crippen molar-refractivity contribution in [2.45, 2.75) is 77.2 Å². The molecule has 4 heteroatoms. The number of esters is 1. The summed E-state index contributed by atoms with van der Waals surface area (Å²) in [4.78, 5) is 28.8. The first kappa shape index (κ1) is 21.9. The zero-order valence-corrected chi connectivity index (χ0v) is 20.6. The molecule has 0 spiro atoms. The van der Waals surface area contributed by atoms with Crippen LogP contribution < -0.4 is 4.90 Å². The molecule has 4 aliphatic carbocycles. The van der Waals surface area contributed by atoms with E-state index < -0.39 is 11.5 Å². The van der Waals surface area contributed by atoms with Gasteiger partial charge in [0.15, 0.2) is 6.10 Å². The van der Waals surface area contributed by atoms with Crippen molar-refractivity contribution >= 4 is 17.6 Å². The van der Waals surface area contributed by atoms with Crippen molar-refractivity contribution < 1.29 is 14.3 Å². The highest BCUT2D eigenvalue weighted by Gasteiger charge is 2.62. The van der Waals surface area contributed by atoms with Crippen molar-refractivity contribution in [2.24, 2.45) is 17.3 Å². The van der Waals surface area contributed by atoms with Crippen LogP contribution in [0.2, 0.25) is 0 Å². The number of ether oxygens (including phenoxy) is 1. The largest absolute Gasteiger partial charge is 0.452 e. The van der Waals surface area contributed by atoms with Crippen LogP contribution in [0.5, 0.6) is 0 Å². The second kappa shape index (κ2) is 7.69. The molecule has 7 rings (SSSR count). The van der Waals surface area contributed by atoms with Gasteiger partial charge < -0.3 is 9.64 Å². The summed E-state index contributed by atoms with van der Waals surface area (Å²) >= 11 is 0. The van der Waals surface area contributed by atoms with E-state index in [0.29, 0.717) is 18.4 Å². The van der Waals surface area contributed by atoms with Gasteiger partial charge in [0, 0.05) is 12.2 Å². The second-order valence-corrected chi connectivity index (χ2v) is 11.7. The van der Waals surface area contributed by atoms with Crippen molar-refractivity contribution in [2.75, 3.05) is 11.4 Å². The number of aryl methyl sites for hydroxylation is 2. The molecule has 0 radical (unpaired) electrons. The lowest BCUT2D eigenvalue weighted by Crippen LogP contribution is -2.57. The molecule has 2 unspecified atom stereocenters. The van der Waals surface area contributed by atoms with Crippen molar-refractivity contribution in [1.82, 2.24) is 0 Å². The van der Waals surface area contributed by atoms with Gasteiger partial charge in [0.2, 0.25) is 0 Å². The highest BCUT2D eigenvalue weighted by Crippen LogP contribution is 2.66. The van der Waals surface area contributed by atoms with E-state index in [4.69, 9.17) is 4.74 Å². The van der Waals surface area contributed by atoms with E-state index in [9.17, 15) is 9.59 Å². The molecule has 5 atom stereocenters. The number of hydrogen-bond acceptors (Lipinski definition) is 3. The predicted octanol–water partition coefficient (Wildman–Crippen LogP) is 5.66. The number of carbonyl (C=O) groups is 2. The topological polar surface area (TPSA) is 46.6 Å². The van der Waals surface area contributed by atoms with Crippen molar-refractivity contribution in [1.29, 1.82) is 0 Å². The molecule has 0 saturated heterocycles. The molecule has 2 aromatic carbocycles. The Balaban J connectivity index is 1.23. The maximum absolute atomic E-state index is 13.8. The van der Waals surface area contributed by atoms with Crippen LogP contribution in [-0.4, -0.2) is 24.5 Å². The van der Waals surface area contributed by atoms with Gasteiger partial charge in [0.25, 0.3) is 5.91 Å². The van der Waals surface area contributed by atoms with E-state index in [1.54, 1.807) is 11.8 Å². The first-order valence-electron chi connectivity index (χ1n) is 13.0. The predicted molar refractivity (Wildman–Crippen MR) is 133 cm³/mol. The Morgan fingerprint density at radius 2 is 1.74 bits per heavy atom. The summed E-state index contributed by atoms with van der Waals surface area (Å²) in [7, 11) is 0. The summed E-state index contributed by atoms with van der Waals surface area (Å²) in [6.45, 7) is 6.76. The maximum Gasteiger partial charge on any atom is 0.312 e. The summed E-state index contributed by atoms with van der Waals surface area (Å²) in [5, 5.41) is 0. The minimum absolute atomic E-state index is 0.0721. The van der Waals surface area contributed by atoms with Crippen molar-refractivity contribution in [3.8, 4) is 0 Å².